The van der Waals surface area contributed by atoms with Crippen LogP contribution in [0.25, 0.3) is 0 Å². The molecule has 6 heteroatoms. The van der Waals surface area contributed by atoms with Gasteiger partial charge in [-0.15, -0.1) is 0 Å². The fourth-order valence-corrected chi connectivity index (χ4v) is 7.75. The topological polar surface area (TPSA) is 92.7 Å². The van der Waals surface area contributed by atoms with E-state index in [4.69, 9.17) is 9.84 Å². The van der Waals surface area contributed by atoms with E-state index >= 15 is 0 Å². The zero-order chi connectivity index (χ0) is 40.8. The number of hydrogen-bond donors (Lipinski definition) is 2. The van der Waals surface area contributed by atoms with E-state index in [9.17, 15) is 14.4 Å². The SMILES string of the molecule is CCCCCCCC/C=C\CCCCCCCCCCCC(=O)OC(CCCCCCCCCCCCCCCCC)CCCCCCCC(=O)NCC(=O)O. The second-order valence-electron chi connectivity index (χ2n) is 17.1. The van der Waals surface area contributed by atoms with Gasteiger partial charge in [-0.2, -0.15) is 0 Å². The van der Waals surface area contributed by atoms with Crippen molar-refractivity contribution in [2.75, 3.05) is 6.54 Å². The van der Waals surface area contributed by atoms with Gasteiger partial charge in [0, 0.05) is 12.8 Å². The summed E-state index contributed by atoms with van der Waals surface area (Å²) in [4.78, 5) is 35.2. The summed E-state index contributed by atoms with van der Waals surface area (Å²) in [6, 6.07) is 0. The van der Waals surface area contributed by atoms with Gasteiger partial charge in [-0.3, -0.25) is 14.4 Å². The molecule has 0 fully saturated rings. The van der Waals surface area contributed by atoms with Gasteiger partial charge >= 0.3 is 11.9 Å². The number of carboxylic acids is 1. The molecule has 2 N–H and O–H groups in total. The number of allylic oxidation sites excluding steroid dienone is 2. The Kier molecular flexibility index (Phi) is 44.3. The monoisotopic (exact) mass is 790 g/mol. The Labute approximate surface area is 348 Å². The van der Waals surface area contributed by atoms with Crippen LogP contribution in [0.1, 0.15) is 277 Å². The molecule has 330 valence electrons. The van der Waals surface area contributed by atoms with Crippen molar-refractivity contribution in [3.05, 3.63) is 12.2 Å². The third-order valence-electron chi connectivity index (χ3n) is 11.4. The van der Waals surface area contributed by atoms with Crippen molar-refractivity contribution >= 4 is 17.8 Å². The minimum absolute atomic E-state index is 0.00986. The molecule has 0 bridgehead atoms. The highest BCUT2D eigenvalue weighted by atomic mass is 16.5. The highest BCUT2D eigenvalue weighted by Crippen LogP contribution is 2.20. The van der Waals surface area contributed by atoms with E-state index in [0.717, 1.165) is 64.2 Å². The molecule has 0 aliphatic heterocycles. The van der Waals surface area contributed by atoms with Crippen LogP contribution in [-0.4, -0.2) is 35.6 Å². The molecular weight excluding hydrogens is 695 g/mol. The first-order valence-electron chi connectivity index (χ1n) is 24.8. The molecule has 0 radical (unpaired) electrons. The summed E-state index contributed by atoms with van der Waals surface area (Å²) in [5.41, 5.74) is 0. The lowest BCUT2D eigenvalue weighted by Crippen LogP contribution is -2.28. The van der Waals surface area contributed by atoms with Gasteiger partial charge in [0.05, 0.1) is 0 Å². The maximum Gasteiger partial charge on any atom is 0.322 e. The molecule has 0 saturated carbocycles. The van der Waals surface area contributed by atoms with Gasteiger partial charge in [0.2, 0.25) is 5.91 Å². The number of esters is 1. The Morgan fingerprint density at radius 1 is 0.446 bits per heavy atom. The number of carbonyl (C=O) groups is 3. The van der Waals surface area contributed by atoms with Crippen LogP contribution in [0.2, 0.25) is 0 Å². The Bertz CT molecular complexity index is 874. The minimum atomic E-state index is -1.01. The predicted molar refractivity (Wildman–Crippen MR) is 240 cm³/mol. The molecule has 0 aromatic heterocycles. The maximum absolute atomic E-state index is 12.8. The first-order chi connectivity index (χ1) is 27.5. The Balaban J connectivity index is 4.09. The molecule has 0 heterocycles. The largest absolute Gasteiger partial charge is 0.480 e. The molecule has 56 heavy (non-hydrogen) atoms. The van der Waals surface area contributed by atoms with Crippen LogP contribution in [-0.2, 0) is 19.1 Å². The fourth-order valence-electron chi connectivity index (χ4n) is 7.75. The van der Waals surface area contributed by atoms with E-state index in [1.165, 1.54) is 186 Å². The molecule has 0 saturated heterocycles. The maximum atomic E-state index is 12.8. The number of rotatable bonds is 46. The van der Waals surface area contributed by atoms with Crippen molar-refractivity contribution in [1.29, 1.82) is 0 Å². The van der Waals surface area contributed by atoms with Crippen LogP contribution in [0.3, 0.4) is 0 Å². The molecule has 6 nitrogen and oxygen atoms in total. The summed E-state index contributed by atoms with van der Waals surface area (Å²) < 4.78 is 6.07. The van der Waals surface area contributed by atoms with Crippen molar-refractivity contribution in [1.82, 2.24) is 5.32 Å². The van der Waals surface area contributed by atoms with E-state index < -0.39 is 5.97 Å². The van der Waals surface area contributed by atoms with Gasteiger partial charge in [-0.05, 0) is 64.2 Å². The van der Waals surface area contributed by atoms with Crippen LogP contribution < -0.4 is 5.32 Å². The summed E-state index contributed by atoms with van der Waals surface area (Å²) in [6.45, 7) is 4.25. The normalized spacial score (nSPS) is 12.0. The molecular formula is C50H95NO5. The van der Waals surface area contributed by atoms with E-state index in [2.05, 4.69) is 31.3 Å². The quantitative estimate of drug-likeness (QED) is 0.0364. The van der Waals surface area contributed by atoms with Gasteiger partial charge in [0.1, 0.15) is 12.6 Å². The molecule has 0 aliphatic rings. The van der Waals surface area contributed by atoms with Crippen molar-refractivity contribution < 1.29 is 24.2 Å². The lowest BCUT2D eigenvalue weighted by molar-refractivity contribution is -0.150. The number of nitrogens with one attached hydrogen (secondary N) is 1. The van der Waals surface area contributed by atoms with Crippen molar-refractivity contribution in [2.45, 2.75) is 283 Å². The minimum Gasteiger partial charge on any atom is -0.480 e. The molecule has 1 atom stereocenters. The molecule has 0 aromatic carbocycles. The fraction of sp³-hybridized carbons (Fsp3) is 0.900. The Morgan fingerprint density at radius 3 is 1.14 bits per heavy atom. The smallest absolute Gasteiger partial charge is 0.322 e. The van der Waals surface area contributed by atoms with Crippen molar-refractivity contribution in [3.8, 4) is 0 Å². The standard InChI is InChI=1S/C50H95NO5/c1-3-5-7-9-11-13-15-17-19-20-21-22-24-26-28-30-32-37-41-45-50(55)56-47(43-39-35-33-36-40-44-48(52)51-46-49(53)54)42-38-34-31-29-27-25-23-18-16-14-12-10-8-6-4-2/h17,19,47H,3-16,18,20-46H2,1-2H3,(H,51,52)(H,53,54)/b19-17-. The third-order valence-corrected chi connectivity index (χ3v) is 11.4. The van der Waals surface area contributed by atoms with Gasteiger partial charge < -0.3 is 15.2 Å². The zero-order valence-electron chi connectivity index (χ0n) is 37.5. The van der Waals surface area contributed by atoms with E-state index in [1.54, 1.807) is 0 Å². The molecule has 1 amide bonds. The van der Waals surface area contributed by atoms with Crippen LogP contribution in [0.15, 0.2) is 12.2 Å². The first-order valence-corrected chi connectivity index (χ1v) is 24.8. The van der Waals surface area contributed by atoms with E-state index in [1.807, 2.05) is 0 Å². The summed E-state index contributed by atoms with van der Waals surface area (Å²) in [7, 11) is 0. The van der Waals surface area contributed by atoms with Crippen LogP contribution in [0, 0.1) is 0 Å². The zero-order valence-corrected chi connectivity index (χ0v) is 37.5. The highest BCUT2D eigenvalue weighted by Gasteiger charge is 2.14. The third kappa shape index (κ3) is 44.9. The Morgan fingerprint density at radius 2 is 0.768 bits per heavy atom. The van der Waals surface area contributed by atoms with Crippen LogP contribution in [0.5, 0.6) is 0 Å². The van der Waals surface area contributed by atoms with Gasteiger partial charge in [-0.1, -0.05) is 212 Å². The number of aliphatic carboxylic acids is 1. The average molecular weight is 790 g/mol. The van der Waals surface area contributed by atoms with Gasteiger partial charge in [0.15, 0.2) is 0 Å². The molecule has 0 spiro atoms. The average Bonchev–Trinajstić information content (AvgIpc) is 3.18. The van der Waals surface area contributed by atoms with Gasteiger partial charge in [-0.25, -0.2) is 0 Å². The summed E-state index contributed by atoms with van der Waals surface area (Å²) in [6.07, 6.45) is 54.9. The summed E-state index contributed by atoms with van der Waals surface area (Å²) in [5, 5.41) is 11.1. The van der Waals surface area contributed by atoms with Crippen LogP contribution >= 0.6 is 0 Å². The van der Waals surface area contributed by atoms with Crippen molar-refractivity contribution in [2.24, 2.45) is 0 Å². The molecule has 1 unspecified atom stereocenters. The molecule has 0 rings (SSSR count). The molecule has 0 aliphatic carbocycles. The second kappa shape index (κ2) is 45.8. The lowest BCUT2D eigenvalue weighted by atomic mass is 10.0. The number of amides is 1. The Hall–Kier alpha value is -1.85. The number of unbranched alkanes of at least 4 members (excludes halogenated alkanes) is 33. The highest BCUT2D eigenvalue weighted by molar-refractivity contribution is 5.80. The number of carboxylic acid groups (broad SMARTS) is 1. The van der Waals surface area contributed by atoms with Crippen molar-refractivity contribution in [3.63, 3.8) is 0 Å². The van der Waals surface area contributed by atoms with E-state index in [0.29, 0.717) is 12.8 Å². The summed E-state index contributed by atoms with van der Waals surface area (Å²) >= 11 is 0. The summed E-state index contributed by atoms with van der Waals surface area (Å²) in [5.74, 6) is -1.21. The number of hydrogen-bond acceptors (Lipinski definition) is 4. The van der Waals surface area contributed by atoms with Crippen LogP contribution in [0.4, 0.5) is 0 Å². The number of carbonyl (C=O) groups excluding carboxylic acids is 2. The lowest BCUT2D eigenvalue weighted by Gasteiger charge is -2.18. The predicted octanol–water partition coefficient (Wildman–Crippen LogP) is 15.7. The number of ether oxygens (including phenoxy) is 1. The second-order valence-corrected chi connectivity index (χ2v) is 17.1. The van der Waals surface area contributed by atoms with E-state index in [-0.39, 0.29) is 24.5 Å². The molecule has 0 aromatic rings. The van der Waals surface area contributed by atoms with Gasteiger partial charge in [0.25, 0.3) is 0 Å². The first kappa shape index (κ1) is 54.2.